The van der Waals surface area contributed by atoms with Crippen LogP contribution in [0.4, 0.5) is 11.5 Å². The first-order chi connectivity index (χ1) is 12.1. The number of nitrogens with zero attached hydrogens (tertiary/aromatic N) is 2. The number of anilines is 2. The lowest BCUT2D eigenvalue weighted by Gasteiger charge is -2.35. The average molecular weight is 338 g/mol. The van der Waals surface area contributed by atoms with Gasteiger partial charge in [0.15, 0.2) is 0 Å². The normalized spacial score (nSPS) is 17.2. The van der Waals surface area contributed by atoms with Crippen LogP contribution in [0.25, 0.3) is 0 Å². The molecule has 6 heteroatoms. The molecule has 6 nitrogen and oxygen atoms in total. The van der Waals surface area contributed by atoms with Crippen LogP contribution in [0.3, 0.4) is 0 Å². The summed E-state index contributed by atoms with van der Waals surface area (Å²) in [6.45, 7) is 2.42. The van der Waals surface area contributed by atoms with Crippen LogP contribution in [0.5, 0.6) is 0 Å². The van der Waals surface area contributed by atoms with Crippen molar-refractivity contribution in [3.8, 4) is 0 Å². The van der Waals surface area contributed by atoms with Gasteiger partial charge in [0.25, 0.3) is 0 Å². The lowest BCUT2D eigenvalue weighted by Crippen LogP contribution is -2.44. The van der Waals surface area contributed by atoms with Gasteiger partial charge in [0.2, 0.25) is 0 Å². The average Bonchev–Trinajstić information content (AvgIpc) is 2.65. The Hall–Kier alpha value is -2.89. The molecule has 0 bridgehead atoms. The zero-order chi connectivity index (χ0) is 17.8. The summed E-state index contributed by atoms with van der Waals surface area (Å²) in [5, 5.41) is 2.60. The van der Waals surface area contributed by atoms with Gasteiger partial charge in [-0.05, 0) is 43.4 Å². The van der Waals surface area contributed by atoms with Crippen molar-refractivity contribution in [3.63, 3.8) is 0 Å². The minimum Gasteiger partial charge on any atom is -0.382 e. The number of likely N-dealkylation sites (tertiary alicyclic amines) is 1. The van der Waals surface area contributed by atoms with Gasteiger partial charge in [0.05, 0.1) is 11.7 Å². The number of benzene rings is 1. The second kappa shape index (κ2) is 7.34. The van der Waals surface area contributed by atoms with E-state index in [4.69, 9.17) is 5.73 Å². The fourth-order valence-corrected chi connectivity index (χ4v) is 3.18. The van der Waals surface area contributed by atoms with Gasteiger partial charge in [-0.3, -0.25) is 9.59 Å². The summed E-state index contributed by atoms with van der Waals surface area (Å²) in [5.41, 5.74) is 8.07. The van der Waals surface area contributed by atoms with Gasteiger partial charge in [-0.15, -0.1) is 0 Å². The minimum absolute atomic E-state index is 0.0684. The molecule has 0 radical (unpaired) electrons. The topological polar surface area (TPSA) is 88.3 Å². The molecule has 2 amide bonds. The Morgan fingerprint density at radius 2 is 2.00 bits per heavy atom. The number of carbonyl (C=O) groups excluding carboxylic acids is 2. The van der Waals surface area contributed by atoms with Gasteiger partial charge in [-0.2, -0.15) is 0 Å². The minimum atomic E-state index is -0.679. The van der Waals surface area contributed by atoms with Crippen LogP contribution in [0, 0.1) is 6.92 Å². The predicted molar refractivity (Wildman–Crippen MR) is 96.8 cm³/mol. The first kappa shape index (κ1) is 17.0. The Morgan fingerprint density at radius 3 is 2.76 bits per heavy atom. The molecule has 1 aliphatic heterocycles. The predicted octanol–water partition coefficient (Wildman–Crippen LogP) is 2.66. The highest BCUT2D eigenvalue weighted by atomic mass is 16.2. The summed E-state index contributed by atoms with van der Waals surface area (Å²) in [7, 11) is 0. The molecule has 3 N–H and O–H groups in total. The summed E-state index contributed by atoms with van der Waals surface area (Å²) >= 11 is 0. The van der Waals surface area contributed by atoms with Crippen LogP contribution in [0.2, 0.25) is 0 Å². The van der Waals surface area contributed by atoms with Gasteiger partial charge in [-0.1, -0.05) is 30.3 Å². The van der Waals surface area contributed by atoms with Crippen molar-refractivity contribution >= 4 is 23.3 Å². The van der Waals surface area contributed by atoms with E-state index in [1.54, 1.807) is 17.2 Å². The second-order valence-electron chi connectivity index (χ2n) is 6.32. The maximum absolute atomic E-state index is 12.7. The van der Waals surface area contributed by atoms with Gasteiger partial charge < -0.3 is 16.0 Å². The van der Waals surface area contributed by atoms with Crippen LogP contribution in [-0.4, -0.2) is 28.2 Å². The lowest BCUT2D eigenvalue weighted by atomic mass is 9.95. The highest BCUT2D eigenvalue weighted by Gasteiger charge is 2.31. The number of pyridine rings is 1. The summed E-state index contributed by atoms with van der Waals surface area (Å²) in [6, 6.07) is 11.5. The second-order valence-corrected chi connectivity index (χ2v) is 6.32. The monoisotopic (exact) mass is 338 g/mol. The highest BCUT2D eigenvalue weighted by molar-refractivity contribution is 6.39. The van der Waals surface area contributed by atoms with Crippen LogP contribution in [0.1, 0.15) is 36.4 Å². The lowest BCUT2D eigenvalue weighted by molar-refractivity contribution is -0.145. The number of carbonyl (C=O) groups is 2. The van der Waals surface area contributed by atoms with E-state index in [-0.39, 0.29) is 11.9 Å². The Bertz CT molecular complexity index is 776. The molecule has 1 saturated heterocycles. The number of nitrogens with two attached hydrogens (primary N) is 1. The third-order valence-electron chi connectivity index (χ3n) is 4.45. The van der Waals surface area contributed by atoms with Crippen molar-refractivity contribution in [2.75, 3.05) is 17.6 Å². The molecule has 0 aliphatic carbocycles. The molecule has 1 atom stereocenters. The number of nitrogens with one attached hydrogen (secondary N) is 1. The zero-order valence-electron chi connectivity index (χ0n) is 14.2. The maximum Gasteiger partial charge on any atom is 0.314 e. The molecule has 1 aromatic heterocycles. The third kappa shape index (κ3) is 3.79. The van der Waals surface area contributed by atoms with E-state index < -0.39 is 11.8 Å². The maximum atomic E-state index is 12.7. The summed E-state index contributed by atoms with van der Waals surface area (Å²) in [5.74, 6) is -1.01. The van der Waals surface area contributed by atoms with E-state index >= 15 is 0 Å². The van der Waals surface area contributed by atoms with E-state index in [0.717, 1.165) is 30.4 Å². The first-order valence-electron chi connectivity index (χ1n) is 8.45. The van der Waals surface area contributed by atoms with Crippen LogP contribution in [0.15, 0.2) is 42.6 Å². The number of aromatic nitrogens is 1. The van der Waals surface area contributed by atoms with Gasteiger partial charge in [-0.25, -0.2) is 4.98 Å². The van der Waals surface area contributed by atoms with E-state index in [2.05, 4.69) is 10.3 Å². The van der Waals surface area contributed by atoms with Crippen molar-refractivity contribution in [1.82, 2.24) is 9.88 Å². The van der Waals surface area contributed by atoms with Crippen LogP contribution < -0.4 is 11.1 Å². The molecule has 3 rings (SSSR count). The van der Waals surface area contributed by atoms with Crippen LogP contribution in [-0.2, 0) is 9.59 Å². The Morgan fingerprint density at radius 1 is 1.24 bits per heavy atom. The first-order valence-corrected chi connectivity index (χ1v) is 8.45. The van der Waals surface area contributed by atoms with Crippen LogP contribution >= 0.6 is 0 Å². The summed E-state index contributed by atoms with van der Waals surface area (Å²) in [4.78, 5) is 30.9. The molecule has 130 valence electrons. The van der Waals surface area contributed by atoms with E-state index in [0.29, 0.717) is 12.2 Å². The molecule has 25 heavy (non-hydrogen) atoms. The van der Waals surface area contributed by atoms with Crippen molar-refractivity contribution in [2.45, 2.75) is 32.2 Å². The smallest absolute Gasteiger partial charge is 0.314 e. The fourth-order valence-electron chi connectivity index (χ4n) is 3.18. The molecule has 1 aromatic carbocycles. The quantitative estimate of drug-likeness (QED) is 0.824. The van der Waals surface area contributed by atoms with Gasteiger partial charge >= 0.3 is 11.8 Å². The Balaban J connectivity index is 1.78. The molecular formula is C19H22N4O2. The third-order valence-corrected chi connectivity index (χ3v) is 4.45. The molecule has 1 fully saturated rings. The molecular weight excluding hydrogens is 316 g/mol. The number of hydrogen-bond donors (Lipinski definition) is 2. The number of nitrogen functional groups attached to an aromatic ring is 1. The molecule has 1 unspecified atom stereocenters. The molecule has 2 aromatic rings. The fraction of sp³-hybridized carbons (Fsp3) is 0.316. The summed E-state index contributed by atoms with van der Waals surface area (Å²) < 4.78 is 0. The number of amides is 2. The molecule has 1 aliphatic rings. The summed E-state index contributed by atoms with van der Waals surface area (Å²) in [6.07, 6.45) is 4.41. The Labute approximate surface area is 147 Å². The number of aryl methyl sites for hydroxylation is 1. The van der Waals surface area contributed by atoms with E-state index in [1.807, 2.05) is 37.3 Å². The number of piperidine rings is 1. The van der Waals surface area contributed by atoms with E-state index in [1.165, 1.54) is 0 Å². The van der Waals surface area contributed by atoms with Gasteiger partial charge in [0.1, 0.15) is 5.82 Å². The number of rotatable bonds is 2. The standard InChI is InChI=1S/C19H22N4O2/c1-13-11-15(17(20)21-12-13)22-18(24)19(25)23-10-6-5-9-16(23)14-7-3-2-4-8-14/h2-4,7-8,11-12,16H,5-6,9-10H2,1H3,(H2,20,21)(H,22,24). The van der Waals surface area contributed by atoms with Crippen molar-refractivity contribution in [3.05, 3.63) is 53.7 Å². The van der Waals surface area contributed by atoms with Crippen molar-refractivity contribution < 1.29 is 9.59 Å². The van der Waals surface area contributed by atoms with Crippen molar-refractivity contribution in [2.24, 2.45) is 0 Å². The number of hydrogen-bond acceptors (Lipinski definition) is 4. The largest absolute Gasteiger partial charge is 0.382 e. The Kier molecular flexibility index (Phi) is 4.97. The SMILES string of the molecule is Cc1cnc(N)c(NC(=O)C(=O)N2CCCCC2c2ccccc2)c1. The molecule has 0 saturated carbocycles. The van der Waals surface area contributed by atoms with Crippen molar-refractivity contribution in [1.29, 1.82) is 0 Å². The molecule has 0 spiro atoms. The molecule has 2 heterocycles. The van der Waals surface area contributed by atoms with Gasteiger partial charge in [0, 0.05) is 12.7 Å². The zero-order valence-corrected chi connectivity index (χ0v) is 14.2. The van der Waals surface area contributed by atoms with E-state index in [9.17, 15) is 9.59 Å². The highest BCUT2D eigenvalue weighted by Crippen LogP contribution is 2.31.